The zero-order valence-corrected chi connectivity index (χ0v) is 11.9. The number of carbonyl (C=O) groups is 1. The molecule has 0 N–H and O–H groups in total. The van der Waals surface area contributed by atoms with Crippen molar-refractivity contribution in [1.29, 1.82) is 0 Å². The van der Waals surface area contributed by atoms with Gasteiger partial charge in [0.2, 0.25) is 5.91 Å². The lowest BCUT2D eigenvalue weighted by Crippen LogP contribution is -2.39. The molecule has 1 fully saturated rings. The molecule has 2 nitrogen and oxygen atoms in total. The number of amides is 1. The van der Waals surface area contributed by atoms with E-state index in [0.29, 0.717) is 6.42 Å². The van der Waals surface area contributed by atoms with Gasteiger partial charge < -0.3 is 4.90 Å². The standard InChI is InChI=1S/C13H15BrClNO/c14-11-3-1-10(2-4-11)9-13(17)16-7-5-12(15)6-8-16/h1-4,12H,5-9H2. The molecule has 1 aliphatic heterocycles. The molecule has 1 aliphatic rings. The quantitative estimate of drug-likeness (QED) is 0.767. The van der Waals surface area contributed by atoms with E-state index in [2.05, 4.69) is 15.9 Å². The van der Waals surface area contributed by atoms with Crippen LogP contribution in [0.4, 0.5) is 0 Å². The summed E-state index contributed by atoms with van der Waals surface area (Å²) in [5.41, 5.74) is 1.06. The normalized spacial score (nSPS) is 17.2. The number of hydrogen-bond acceptors (Lipinski definition) is 1. The topological polar surface area (TPSA) is 20.3 Å². The molecule has 4 heteroatoms. The summed E-state index contributed by atoms with van der Waals surface area (Å²) in [4.78, 5) is 13.9. The van der Waals surface area contributed by atoms with Crippen LogP contribution in [-0.4, -0.2) is 29.3 Å². The second kappa shape index (κ2) is 5.87. The maximum Gasteiger partial charge on any atom is 0.226 e. The first-order valence-electron chi connectivity index (χ1n) is 5.81. The largest absolute Gasteiger partial charge is 0.342 e. The fourth-order valence-corrected chi connectivity index (χ4v) is 2.45. The third-order valence-electron chi connectivity index (χ3n) is 3.05. The number of halogens is 2. The Morgan fingerprint density at radius 3 is 2.47 bits per heavy atom. The highest BCUT2D eigenvalue weighted by Crippen LogP contribution is 2.17. The molecule has 0 unspecified atom stereocenters. The van der Waals surface area contributed by atoms with Crippen molar-refractivity contribution in [3.05, 3.63) is 34.3 Å². The molecule has 0 aromatic heterocycles. The molecule has 17 heavy (non-hydrogen) atoms. The molecule has 1 amide bonds. The molecule has 92 valence electrons. The Bertz CT molecular complexity index is 385. The van der Waals surface area contributed by atoms with Crippen molar-refractivity contribution in [3.63, 3.8) is 0 Å². The molecule has 2 rings (SSSR count). The van der Waals surface area contributed by atoms with Gasteiger partial charge >= 0.3 is 0 Å². The summed E-state index contributed by atoms with van der Waals surface area (Å²) < 4.78 is 1.04. The van der Waals surface area contributed by atoms with E-state index in [0.717, 1.165) is 36.0 Å². The number of carbonyl (C=O) groups excluding carboxylic acids is 1. The molecule has 1 aromatic rings. The fourth-order valence-electron chi connectivity index (χ4n) is 1.99. The van der Waals surface area contributed by atoms with Crippen molar-refractivity contribution >= 4 is 33.4 Å². The van der Waals surface area contributed by atoms with E-state index in [-0.39, 0.29) is 11.3 Å². The third kappa shape index (κ3) is 3.71. The summed E-state index contributed by atoms with van der Waals surface area (Å²) in [5.74, 6) is 0.205. The minimum Gasteiger partial charge on any atom is -0.342 e. The fraction of sp³-hybridized carbons (Fsp3) is 0.462. The number of benzene rings is 1. The first-order valence-corrected chi connectivity index (χ1v) is 7.04. The molecule has 1 saturated heterocycles. The van der Waals surface area contributed by atoms with Crippen molar-refractivity contribution in [1.82, 2.24) is 4.90 Å². The Balaban J connectivity index is 1.90. The second-order valence-corrected chi connectivity index (χ2v) is 5.89. The van der Waals surface area contributed by atoms with Gasteiger partial charge in [-0.3, -0.25) is 4.79 Å². The Labute approximate surface area is 115 Å². The van der Waals surface area contributed by atoms with E-state index in [1.807, 2.05) is 29.2 Å². The maximum atomic E-state index is 12.0. The lowest BCUT2D eigenvalue weighted by molar-refractivity contribution is -0.131. The summed E-state index contributed by atoms with van der Waals surface area (Å²) in [5, 5.41) is 0.242. The van der Waals surface area contributed by atoms with Crippen LogP contribution in [0.1, 0.15) is 18.4 Å². The first kappa shape index (κ1) is 12.9. The van der Waals surface area contributed by atoms with Crippen LogP contribution in [0.2, 0.25) is 0 Å². The van der Waals surface area contributed by atoms with Crippen molar-refractivity contribution in [2.75, 3.05) is 13.1 Å². The summed E-state index contributed by atoms with van der Waals surface area (Å²) in [6, 6.07) is 7.90. The Hall–Kier alpha value is -0.540. The van der Waals surface area contributed by atoms with E-state index in [9.17, 15) is 4.79 Å². The maximum absolute atomic E-state index is 12.0. The second-order valence-electron chi connectivity index (χ2n) is 4.36. The van der Waals surface area contributed by atoms with Crippen molar-refractivity contribution in [2.24, 2.45) is 0 Å². The number of likely N-dealkylation sites (tertiary alicyclic amines) is 1. The van der Waals surface area contributed by atoms with Crippen LogP contribution in [0.15, 0.2) is 28.7 Å². The average Bonchev–Trinajstić information content (AvgIpc) is 2.33. The lowest BCUT2D eigenvalue weighted by atomic mass is 10.1. The number of alkyl halides is 1. The molecule has 0 atom stereocenters. The summed E-state index contributed by atoms with van der Waals surface area (Å²) in [6.45, 7) is 1.59. The van der Waals surface area contributed by atoms with Gasteiger partial charge in [-0.05, 0) is 30.5 Å². The number of hydrogen-bond donors (Lipinski definition) is 0. The van der Waals surface area contributed by atoms with Gasteiger partial charge in [0.1, 0.15) is 0 Å². The highest BCUT2D eigenvalue weighted by Gasteiger charge is 2.21. The van der Waals surface area contributed by atoms with Gasteiger partial charge in [-0.15, -0.1) is 11.6 Å². The van der Waals surface area contributed by atoms with Gasteiger partial charge in [0.05, 0.1) is 6.42 Å². The van der Waals surface area contributed by atoms with Gasteiger partial charge in [-0.2, -0.15) is 0 Å². The summed E-state index contributed by atoms with van der Waals surface area (Å²) >= 11 is 9.41. The zero-order valence-electron chi connectivity index (χ0n) is 9.53. The first-order chi connectivity index (χ1) is 8.15. The molecule has 1 aromatic carbocycles. The van der Waals surface area contributed by atoms with E-state index < -0.39 is 0 Å². The molecule has 0 spiro atoms. The predicted molar refractivity (Wildman–Crippen MR) is 73.3 cm³/mol. The highest BCUT2D eigenvalue weighted by atomic mass is 79.9. The Morgan fingerprint density at radius 2 is 1.88 bits per heavy atom. The number of rotatable bonds is 2. The zero-order chi connectivity index (χ0) is 12.3. The Kier molecular flexibility index (Phi) is 4.46. The molecule has 0 saturated carbocycles. The van der Waals surface area contributed by atoms with Crippen LogP contribution in [0.5, 0.6) is 0 Å². The minimum atomic E-state index is 0.205. The van der Waals surface area contributed by atoms with E-state index >= 15 is 0 Å². The van der Waals surface area contributed by atoms with Crippen LogP contribution < -0.4 is 0 Å². The smallest absolute Gasteiger partial charge is 0.226 e. The van der Waals surface area contributed by atoms with Crippen LogP contribution in [0, 0.1) is 0 Å². The molecular formula is C13H15BrClNO. The Morgan fingerprint density at radius 1 is 1.29 bits per heavy atom. The lowest BCUT2D eigenvalue weighted by Gasteiger charge is -2.29. The van der Waals surface area contributed by atoms with E-state index in [1.54, 1.807) is 0 Å². The van der Waals surface area contributed by atoms with Crippen molar-refractivity contribution in [3.8, 4) is 0 Å². The molecule has 1 heterocycles. The number of nitrogens with zero attached hydrogens (tertiary/aromatic N) is 1. The minimum absolute atomic E-state index is 0.205. The van der Waals surface area contributed by atoms with Crippen molar-refractivity contribution < 1.29 is 4.79 Å². The number of piperidine rings is 1. The average molecular weight is 317 g/mol. The van der Waals surface area contributed by atoms with Crippen LogP contribution in [0.3, 0.4) is 0 Å². The van der Waals surface area contributed by atoms with E-state index in [1.165, 1.54) is 0 Å². The van der Waals surface area contributed by atoms with Gasteiger partial charge in [-0.1, -0.05) is 28.1 Å². The summed E-state index contributed by atoms with van der Waals surface area (Å²) in [7, 11) is 0. The molecule has 0 bridgehead atoms. The van der Waals surface area contributed by atoms with Gasteiger partial charge in [0, 0.05) is 22.9 Å². The summed E-state index contributed by atoms with van der Waals surface area (Å²) in [6.07, 6.45) is 2.31. The molecule has 0 radical (unpaired) electrons. The van der Waals surface area contributed by atoms with Gasteiger partial charge in [-0.25, -0.2) is 0 Å². The monoisotopic (exact) mass is 315 g/mol. The third-order valence-corrected chi connectivity index (χ3v) is 4.01. The SMILES string of the molecule is O=C(Cc1ccc(Br)cc1)N1CCC(Cl)CC1. The van der Waals surface area contributed by atoms with Gasteiger partial charge in [0.25, 0.3) is 0 Å². The molecular weight excluding hydrogens is 302 g/mol. The van der Waals surface area contributed by atoms with E-state index in [4.69, 9.17) is 11.6 Å². The van der Waals surface area contributed by atoms with Crippen LogP contribution >= 0.6 is 27.5 Å². The molecule has 0 aliphatic carbocycles. The highest BCUT2D eigenvalue weighted by molar-refractivity contribution is 9.10. The van der Waals surface area contributed by atoms with Crippen LogP contribution in [-0.2, 0) is 11.2 Å². The van der Waals surface area contributed by atoms with Crippen molar-refractivity contribution in [2.45, 2.75) is 24.6 Å². The van der Waals surface area contributed by atoms with Gasteiger partial charge in [0.15, 0.2) is 0 Å². The van der Waals surface area contributed by atoms with Crippen LogP contribution in [0.25, 0.3) is 0 Å². The predicted octanol–water partition coefficient (Wildman–Crippen LogP) is 3.22.